The molecule has 0 bridgehead atoms. The molecule has 4 rings (SSSR count). The number of thioether (sulfide) groups is 1. The van der Waals surface area contributed by atoms with Crippen LogP contribution in [-0.2, 0) is 4.74 Å². The molecule has 1 radical (unpaired) electrons. The van der Waals surface area contributed by atoms with Gasteiger partial charge in [-0.1, -0.05) is 62.0 Å². The van der Waals surface area contributed by atoms with Crippen molar-refractivity contribution in [1.29, 1.82) is 0 Å². The van der Waals surface area contributed by atoms with E-state index in [-0.39, 0.29) is 35.0 Å². The number of rotatable bonds is 8. The van der Waals surface area contributed by atoms with Crippen molar-refractivity contribution in [2.45, 2.75) is 75.7 Å². The monoisotopic (exact) mass is 439 g/mol. The van der Waals surface area contributed by atoms with Crippen LogP contribution in [-0.4, -0.2) is 32.8 Å². The van der Waals surface area contributed by atoms with Crippen molar-refractivity contribution in [3.63, 3.8) is 0 Å². The van der Waals surface area contributed by atoms with Gasteiger partial charge in [-0.25, -0.2) is 0 Å². The summed E-state index contributed by atoms with van der Waals surface area (Å²) in [6.07, 6.45) is 3.73. The molecule has 2 aliphatic rings. The smallest absolute Gasteiger partial charge is 0.322 e. The molecule has 0 saturated carbocycles. The van der Waals surface area contributed by atoms with Crippen molar-refractivity contribution in [2.75, 3.05) is 5.73 Å². The van der Waals surface area contributed by atoms with Gasteiger partial charge in [0.25, 0.3) is 0 Å². The maximum absolute atomic E-state index is 6.42. The van der Waals surface area contributed by atoms with Gasteiger partial charge in [0.2, 0.25) is 5.95 Å². The highest BCUT2D eigenvalue weighted by Gasteiger charge is 2.48. The topological polar surface area (TPSA) is 83.2 Å². The quantitative estimate of drug-likeness (QED) is 0.567. The predicted octanol–water partition coefficient (Wildman–Crippen LogP) is 5.18. The Morgan fingerprint density at radius 3 is 2.58 bits per heavy atom. The third kappa shape index (κ3) is 5.39. The van der Waals surface area contributed by atoms with E-state index in [2.05, 4.69) is 67.8 Å². The first kappa shape index (κ1) is 22.1. The van der Waals surface area contributed by atoms with Crippen LogP contribution in [0.25, 0.3) is 0 Å². The summed E-state index contributed by atoms with van der Waals surface area (Å²) in [4.78, 5) is 13.2. The number of hydrogen-bond donors (Lipinski definition) is 1. The molecule has 2 heterocycles. The van der Waals surface area contributed by atoms with Crippen molar-refractivity contribution in [3.05, 3.63) is 53.5 Å². The van der Waals surface area contributed by atoms with Gasteiger partial charge in [-0.2, -0.15) is 15.0 Å². The van der Waals surface area contributed by atoms with Crippen molar-refractivity contribution in [1.82, 2.24) is 15.0 Å². The Morgan fingerprint density at radius 2 is 1.90 bits per heavy atom. The Morgan fingerprint density at radius 1 is 1.16 bits per heavy atom. The highest BCUT2D eigenvalue weighted by Crippen LogP contribution is 2.51. The number of benzene rings is 1. The first-order chi connectivity index (χ1) is 14.7. The van der Waals surface area contributed by atoms with E-state index in [9.17, 15) is 0 Å². The van der Waals surface area contributed by atoms with Crippen LogP contribution < -0.4 is 10.5 Å². The Bertz CT molecular complexity index is 948. The second-order valence-corrected chi connectivity index (χ2v) is 10.5. The molecule has 1 unspecified atom stereocenters. The van der Waals surface area contributed by atoms with Crippen molar-refractivity contribution >= 4 is 17.7 Å². The Hall–Kier alpha value is -2.12. The first-order valence-electron chi connectivity index (χ1n) is 10.9. The molecular weight excluding hydrogens is 408 g/mol. The summed E-state index contributed by atoms with van der Waals surface area (Å²) in [5.41, 5.74) is 8.25. The number of allylic oxidation sites excluding steroid dienone is 1. The van der Waals surface area contributed by atoms with Crippen LogP contribution in [0, 0.1) is 11.8 Å². The second kappa shape index (κ2) is 8.79. The minimum Gasteiger partial charge on any atom is -0.457 e. The summed E-state index contributed by atoms with van der Waals surface area (Å²) >= 11 is 1.54. The fourth-order valence-corrected chi connectivity index (χ4v) is 4.95. The van der Waals surface area contributed by atoms with E-state index >= 15 is 0 Å². The van der Waals surface area contributed by atoms with Crippen LogP contribution in [0.5, 0.6) is 6.01 Å². The molecule has 6 nitrogen and oxygen atoms in total. The summed E-state index contributed by atoms with van der Waals surface area (Å²) in [6.45, 7) is 10.7. The van der Waals surface area contributed by atoms with Crippen LogP contribution in [0.4, 0.5) is 5.95 Å². The molecule has 1 aromatic carbocycles. The van der Waals surface area contributed by atoms with Gasteiger partial charge >= 0.3 is 6.01 Å². The highest BCUT2D eigenvalue weighted by molar-refractivity contribution is 7.99. The largest absolute Gasteiger partial charge is 0.457 e. The molecule has 0 spiro atoms. The molecule has 1 aliphatic heterocycles. The molecule has 165 valence electrons. The number of nitrogens with two attached hydrogens (primary N) is 1. The van der Waals surface area contributed by atoms with Gasteiger partial charge in [0, 0.05) is 11.2 Å². The van der Waals surface area contributed by atoms with Gasteiger partial charge < -0.3 is 15.2 Å². The molecule has 1 fully saturated rings. The molecule has 3 atom stereocenters. The third-order valence-corrected chi connectivity index (χ3v) is 6.65. The molecule has 2 N–H and O–H groups in total. The molecule has 7 heteroatoms. The molecule has 31 heavy (non-hydrogen) atoms. The fourth-order valence-electron chi connectivity index (χ4n) is 4.06. The Labute approximate surface area is 189 Å². The van der Waals surface area contributed by atoms with Crippen molar-refractivity contribution < 1.29 is 9.47 Å². The van der Waals surface area contributed by atoms with E-state index in [0.717, 1.165) is 12.8 Å². The van der Waals surface area contributed by atoms with Crippen LogP contribution in [0.3, 0.4) is 0 Å². The Balaban J connectivity index is 1.50. The minimum atomic E-state index is -0.277. The third-order valence-electron chi connectivity index (χ3n) is 5.63. The zero-order valence-corrected chi connectivity index (χ0v) is 19.6. The van der Waals surface area contributed by atoms with Gasteiger partial charge in [0.15, 0.2) is 5.16 Å². The number of hydrogen-bond acceptors (Lipinski definition) is 7. The van der Waals surface area contributed by atoms with Crippen LogP contribution >= 0.6 is 11.8 Å². The standard InChI is InChI=1S/C24H31N4O2S/c1-14(2)11-19(20-13-17-12-18(17)24(4,5)30-20)29-22-26-21(25)27-23(28-22)31-15(3)16-9-7-6-8-10-16/h6-10,12,14-15,19-20H,11,13H2,1-5H3,(H2,25,26,27,28)/t15?,19-,20+/m1/s1. The number of nitrogen functional groups attached to an aromatic ring is 1. The van der Waals surface area contributed by atoms with E-state index < -0.39 is 0 Å². The van der Waals surface area contributed by atoms with Crippen molar-refractivity contribution in [2.24, 2.45) is 5.92 Å². The SMILES string of the molecule is CC(C)C[C@@H](Oc1nc(N)nc(SC(C)c2ccccc2)n1)[C@@H]1C[C]2C=C2C(C)(C)O1. The highest BCUT2D eigenvalue weighted by atomic mass is 32.2. The maximum atomic E-state index is 6.42. The average Bonchev–Trinajstić information content (AvgIpc) is 3.48. The molecular formula is C24H31N4O2S. The number of ether oxygens (including phenoxy) is 2. The van der Waals surface area contributed by atoms with Gasteiger partial charge in [0.05, 0.1) is 11.7 Å². The predicted molar refractivity (Wildman–Crippen MR) is 124 cm³/mol. The summed E-state index contributed by atoms with van der Waals surface area (Å²) in [6, 6.07) is 10.5. The van der Waals surface area contributed by atoms with Gasteiger partial charge in [0.1, 0.15) is 6.10 Å². The lowest BCUT2D eigenvalue weighted by atomic mass is 9.90. The lowest BCUT2D eigenvalue weighted by Crippen LogP contribution is -2.44. The maximum Gasteiger partial charge on any atom is 0.322 e. The van der Waals surface area contributed by atoms with E-state index in [1.807, 2.05) is 18.2 Å². The molecule has 1 aliphatic carbocycles. The van der Waals surface area contributed by atoms with Gasteiger partial charge in [-0.15, -0.1) is 0 Å². The fraction of sp³-hybridized carbons (Fsp3) is 0.500. The zero-order chi connectivity index (χ0) is 22.2. The van der Waals surface area contributed by atoms with E-state index in [0.29, 0.717) is 11.1 Å². The molecule has 1 saturated heterocycles. The van der Waals surface area contributed by atoms with Crippen LogP contribution in [0.15, 0.2) is 47.1 Å². The number of fused-ring (bicyclic) bond motifs is 1. The van der Waals surface area contributed by atoms with Gasteiger partial charge in [-0.05, 0) is 50.7 Å². The molecule has 2 aromatic rings. The second-order valence-electron chi connectivity index (χ2n) is 9.17. The lowest BCUT2D eigenvalue weighted by molar-refractivity contribution is -0.109. The van der Waals surface area contributed by atoms with E-state index in [1.54, 1.807) is 11.8 Å². The number of aromatic nitrogens is 3. The van der Waals surface area contributed by atoms with Crippen molar-refractivity contribution in [3.8, 4) is 6.01 Å². The Kier molecular flexibility index (Phi) is 6.26. The van der Waals surface area contributed by atoms with E-state index in [4.69, 9.17) is 15.2 Å². The molecule has 0 amide bonds. The summed E-state index contributed by atoms with van der Waals surface area (Å²) in [7, 11) is 0. The number of anilines is 1. The molecule has 1 aromatic heterocycles. The van der Waals surface area contributed by atoms with Crippen LogP contribution in [0.2, 0.25) is 0 Å². The minimum absolute atomic E-state index is 0.0489. The normalized spacial score (nSPS) is 21.9. The van der Waals surface area contributed by atoms with Gasteiger partial charge in [-0.3, -0.25) is 0 Å². The lowest BCUT2D eigenvalue weighted by Gasteiger charge is -2.38. The van der Waals surface area contributed by atoms with Crippen LogP contribution in [0.1, 0.15) is 58.3 Å². The zero-order valence-electron chi connectivity index (χ0n) is 18.8. The summed E-state index contributed by atoms with van der Waals surface area (Å²) in [5.74, 6) is 2.00. The summed E-state index contributed by atoms with van der Waals surface area (Å²) in [5, 5.41) is 0.744. The summed E-state index contributed by atoms with van der Waals surface area (Å²) < 4.78 is 12.7. The average molecular weight is 440 g/mol. The number of nitrogens with zero attached hydrogens (tertiary/aromatic N) is 3. The first-order valence-corrected chi connectivity index (χ1v) is 11.7. The van der Waals surface area contributed by atoms with E-state index in [1.165, 1.54) is 17.1 Å².